The number of benzene rings is 2. The van der Waals surface area contributed by atoms with Crippen LogP contribution in [0.2, 0.25) is 0 Å². The summed E-state index contributed by atoms with van der Waals surface area (Å²) in [7, 11) is 2.10. The highest BCUT2D eigenvalue weighted by Gasteiger charge is 2.27. The third kappa shape index (κ3) is 4.20. The van der Waals surface area contributed by atoms with Gasteiger partial charge in [-0.1, -0.05) is 23.4 Å². The molecule has 10 heteroatoms. The first-order valence-electron chi connectivity index (χ1n) is 10.8. The van der Waals surface area contributed by atoms with Gasteiger partial charge in [-0.3, -0.25) is 10.1 Å². The molecule has 0 radical (unpaired) electrons. The fourth-order valence-corrected chi connectivity index (χ4v) is 4.15. The molecule has 1 aliphatic rings. The molecule has 0 spiro atoms. The molecule has 1 N–H and O–H groups in total. The second-order valence-corrected chi connectivity index (χ2v) is 8.08. The van der Waals surface area contributed by atoms with Crippen LogP contribution in [0.15, 0.2) is 66.9 Å². The van der Waals surface area contributed by atoms with E-state index in [0.29, 0.717) is 5.82 Å². The Morgan fingerprint density at radius 1 is 1.03 bits per heavy atom. The third-order valence-corrected chi connectivity index (χ3v) is 5.93. The normalized spacial score (nSPS) is 15.5. The number of para-hydroxylation sites is 1. The van der Waals surface area contributed by atoms with E-state index in [1.165, 1.54) is 0 Å². The molecule has 0 saturated carbocycles. The van der Waals surface area contributed by atoms with Crippen LogP contribution in [0, 0.1) is 10.1 Å². The van der Waals surface area contributed by atoms with Crippen molar-refractivity contribution in [2.45, 2.75) is 6.17 Å². The summed E-state index contributed by atoms with van der Waals surface area (Å²) in [6.07, 6.45) is 1.15. The molecule has 5 rings (SSSR count). The summed E-state index contributed by atoms with van der Waals surface area (Å²) in [6.45, 7) is 3.49. The van der Waals surface area contributed by atoms with Gasteiger partial charge < -0.3 is 15.1 Å². The van der Waals surface area contributed by atoms with Crippen molar-refractivity contribution in [2.75, 3.05) is 43.4 Å². The number of hydrogen-bond acceptors (Lipinski definition) is 8. The van der Waals surface area contributed by atoms with Gasteiger partial charge in [-0.2, -0.15) is 0 Å². The lowest BCUT2D eigenvalue weighted by molar-refractivity contribution is -0.384. The number of aromatic nitrogens is 4. The Hall–Kier alpha value is -4.05. The number of nitrogens with one attached hydrogen (secondary N) is 1. The van der Waals surface area contributed by atoms with E-state index in [9.17, 15) is 10.1 Å². The average molecular weight is 444 g/mol. The van der Waals surface area contributed by atoms with Crippen molar-refractivity contribution in [1.82, 2.24) is 24.9 Å². The molecule has 0 unspecified atom stereocenters. The van der Waals surface area contributed by atoms with Crippen molar-refractivity contribution in [2.24, 2.45) is 0 Å². The molecule has 3 heterocycles. The van der Waals surface area contributed by atoms with E-state index in [1.807, 2.05) is 48.5 Å². The Labute approximate surface area is 190 Å². The van der Waals surface area contributed by atoms with Crippen molar-refractivity contribution in [3.8, 4) is 0 Å². The lowest BCUT2D eigenvalue weighted by Gasteiger charge is -2.36. The number of non-ortho nitro benzene ring substituents is 1. The van der Waals surface area contributed by atoms with Crippen molar-refractivity contribution in [3.63, 3.8) is 0 Å². The first-order chi connectivity index (χ1) is 16.1. The SMILES string of the molecule is CN1CCN(c2ccc([N+](=O)[O-])cc2[C@@H](Nc2ccccn2)n2nnc3ccccc32)CC1. The van der Waals surface area contributed by atoms with Crippen molar-refractivity contribution >= 4 is 28.2 Å². The maximum Gasteiger partial charge on any atom is 0.270 e. The van der Waals surface area contributed by atoms with Crippen LogP contribution in [0.4, 0.5) is 17.2 Å². The van der Waals surface area contributed by atoms with Gasteiger partial charge in [-0.25, -0.2) is 9.67 Å². The molecule has 2 aromatic heterocycles. The third-order valence-electron chi connectivity index (χ3n) is 5.93. The highest BCUT2D eigenvalue weighted by atomic mass is 16.6. The topological polar surface area (TPSA) is 105 Å². The van der Waals surface area contributed by atoms with E-state index >= 15 is 0 Å². The molecular weight excluding hydrogens is 420 g/mol. The molecule has 1 saturated heterocycles. The molecule has 2 aromatic carbocycles. The number of likely N-dealkylation sites (N-methyl/N-ethyl adjacent to an activating group) is 1. The lowest BCUT2D eigenvalue weighted by atomic mass is 10.1. The number of fused-ring (bicyclic) bond motifs is 1. The molecule has 1 fully saturated rings. The Kier molecular flexibility index (Phi) is 5.57. The quantitative estimate of drug-likeness (QED) is 0.357. The van der Waals surface area contributed by atoms with Gasteiger partial charge in [-0.05, 0) is 37.4 Å². The van der Waals surface area contributed by atoms with Crippen LogP contribution >= 0.6 is 0 Å². The number of nitrogens with zero attached hydrogens (tertiary/aromatic N) is 7. The molecular formula is C23H24N8O2. The molecule has 10 nitrogen and oxygen atoms in total. The summed E-state index contributed by atoms with van der Waals surface area (Å²) < 4.78 is 1.77. The molecule has 0 bridgehead atoms. The van der Waals surface area contributed by atoms with E-state index in [0.717, 1.165) is 48.5 Å². The fourth-order valence-electron chi connectivity index (χ4n) is 4.15. The second kappa shape index (κ2) is 8.83. The van der Waals surface area contributed by atoms with Crippen LogP contribution < -0.4 is 10.2 Å². The van der Waals surface area contributed by atoms with Crippen molar-refractivity contribution in [3.05, 3.63) is 82.5 Å². The summed E-state index contributed by atoms with van der Waals surface area (Å²) in [5.41, 5.74) is 3.27. The zero-order valence-electron chi connectivity index (χ0n) is 18.2. The van der Waals surface area contributed by atoms with E-state index < -0.39 is 6.17 Å². The number of rotatable bonds is 6. The Morgan fingerprint density at radius 3 is 2.58 bits per heavy atom. The minimum absolute atomic E-state index is 0.0279. The average Bonchev–Trinajstić information content (AvgIpc) is 3.27. The highest BCUT2D eigenvalue weighted by Crippen LogP contribution is 2.34. The van der Waals surface area contributed by atoms with Crippen LogP contribution in [0.1, 0.15) is 11.7 Å². The number of hydrogen-bond donors (Lipinski definition) is 1. The predicted molar refractivity (Wildman–Crippen MR) is 126 cm³/mol. The minimum Gasteiger partial charge on any atom is -0.369 e. The van der Waals surface area contributed by atoms with E-state index in [4.69, 9.17) is 0 Å². The van der Waals surface area contributed by atoms with Gasteiger partial charge in [-0.15, -0.1) is 5.10 Å². The summed E-state index contributed by atoms with van der Waals surface area (Å²) in [5.74, 6) is 0.637. The van der Waals surface area contributed by atoms with Gasteiger partial charge in [0.2, 0.25) is 0 Å². The maximum atomic E-state index is 11.7. The van der Waals surface area contributed by atoms with Gasteiger partial charge in [0.1, 0.15) is 11.3 Å². The van der Waals surface area contributed by atoms with Crippen LogP contribution in [0.25, 0.3) is 11.0 Å². The van der Waals surface area contributed by atoms with Gasteiger partial charge in [0.15, 0.2) is 6.17 Å². The minimum atomic E-state index is -0.554. The monoisotopic (exact) mass is 444 g/mol. The lowest BCUT2D eigenvalue weighted by Crippen LogP contribution is -2.45. The van der Waals surface area contributed by atoms with Crippen LogP contribution in [-0.4, -0.2) is 63.0 Å². The largest absolute Gasteiger partial charge is 0.369 e. The maximum absolute atomic E-state index is 11.7. The summed E-state index contributed by atoms with van der Waals surface area (Å²) >= 11 is 0. The predicted octanol–water partition coefficient (Wildman–Crippen LogP) is 3.15. The summed E-state index contributed by atoms with van der Waals surface area (Å²) in [5, 5.41) is 23.9. The van der Waals surface area contributed by atoms with E-state index in [-0.39, 0.29) is 10.6 Å². The Bertz CT molecular complexity index is 1270. The number of pyridine rings is 1. The second-order valence-electron chi connectivity index (χ2n) is 8.08. The van der Waals surface area contributed by atoms with Crippen molar-refractivity contribution in [1.29, 1.82) is 0 Å². The first kappa shape index (κ1) is 20.8. The molecule has 1 atom stereocenters. The number of anilines is 2. The van der Waals surface area contributed by atoms with Gasteiger partial charge >= 0.3 is 0 Å². The molecule has 0 amide bonds. The van der Waals surface area contributed by atoms with Gasteiger partial charge in [0.05, 0.1) is 10.4 Å². The molecule has 0 aliphatic carbocycles. The Morgan fingerprint density at radius 2 is 1.82 bits per heavy atom. The van der Waals surface area contributed by atoms with Crippen molar-refractivity contribution < 1.29 is 4.92 Å². The summed E-state index contributed by atoms with van der Waals surface area (Å²) in [4.78, 5) is 20.3. The highest BCUT2D eigenvalue weighted by molar-refractivity contribution is 5.75. The zero-order chi connectivity index (χ0) is 22.8. The van der Waals surface area contributed by atoms with E-state index in [2.05, 4.69) is 37.5 Å². The molecule has 1 aliphatic heterocycles. The van der Waals surface area contributed by atoms with Gasteiger partial charge in [0, 0.05) is 55.8 Å². The smallest absolute Gasteiger partial charge is 0.270 e. The molecule has 33 heavy (non-hydrogen) atoms. The van der Waals surface area contributed by atoms with E-state index in [1.54, 1.807) is 23.0 Å². The fraction of sp³-hybridized carbons (Fsp3) is 0.261. The summed E-state index contributed by atoms with van der Waals surface area (Å²) in [6, 6.07) is 18.3. The zero-order valence-corrected chi connectivity index (χ0v) is 18.2. The molecule has 168 valence electrons. The standard InChI is InChI=1S/C23H24N8O2/c1-28-12-14-29(15-13-28)20-10-9-17(31(32)33)16-18(20)23(25-22-8-4-5-11-24-22)30-21-7-3-2-6-19(21)26-27-30/h2-11,16,23H,12-15H2,1H3,(H,24,25)/t23-/m0/s1. The first-order valence-corrected chi connectivity index (χ1v) is 10.8. The number of piperazine rings is 1. The number of nitro benzene ring substituents is 1. The van der Waals surface area contributed by atoms with Crippen LogP contribution in [0.5, 0.6) is 0 Å². The van der Waals surface area contributed by atoms with Gasteiger partial charge in [0.25, 0.3) is 5.69 Å². The van der Waals surface area contributed by atoms with Crippen LogP contribution in [-0.2, 0) is 0 Å². The Balaban J connectivity index is 1.67. The van der Waals surface area contributed by atoms with Crippen LogP contribution in [0.3, 0.4) is 0 Å². The number of nitro groups is 1. The molecule has 4 aromatic rings.